The van der Waals surface area contributed by atoms with Gasteiger partial charge in [-0.3, -0.25) is 19.7 Å². The Bertz CT molecular complexity index is 840. The zero-order valence-electron chi connectivity index (χ0n) is 16.0. The van der Waals surface area contributed by atoms with Crippen LogP contribution in [0, 0.1) is 0 Å². The number of hydrogen-bond acceptors (Lipinski definition) is 5. The highest BCUT2D eigenvalue weighted by Gasteiger charge is 2.21. The van der Waals surface area contributed by atoms with Crippen molar-refractivity contribution in [2.75, 3.05) is 13.2 Å². The number of nitrogens with one attached hydrogen (secondary N) is 3. The molecule has 0 saturated carbocycles. The van der Waals surface area contributed by atoms with Gasteiger partial charge >= 0.3 is 12.0 Å². The van der Waals surface area contributed by atoms with E-state index in [0.29, 0.717) is 12.1 Å². The van der Waals surface area contributed by atoms with Gasteiger partial charge in [-0.1, -0.05) is 48.5 Å². The Labute approximate surface area is 168 Å². The average Bonchev–Trinajstić information content (AvgIpc) is 2.73. The third kappa shape index (κ3) is 7.45. The molecule has 8 nitrogen and oxygen atoms in total. The molecule has 0 spiro atoms. The average molecular weight is 397 g/mol. The third-order valence-electron chi connectivity index (χ3n) is 3.87. The van der Waals surface area contributed by atoms with Crippen molar-refractivity contribution in [2.24, 2.45) is 0 Å². The SMILES string of the molecule is CCNC(=O)NC(=O)COC(=O)CC(NC(=O)c1ccccc1)c1ccccc1. The van der Waals surface area contributed by atoms with Crippen LogP contribution in [0.25, 0.3) is 0 Å². The summed E-state index contributed by atoms with van der Waals surface area (Å²) in [6, 6.07) is 16.3. The Balaban J connectivity index is 1.97. The first kappa shape index (κ1) is 21.6. The summed E-state index contributed by atoms with van der Waals surface area (Å²) in [5, 5.41) is 7.25. The highest BCUT2D eigenvalue weighted by Crippen LogP contribution is 2.18. The van der Waals surface area contributed by atoms with Crippen molar-refractivity contribution in [1.82, 2.24) is 16.0 Å². The van der Waals surface area contributed by atoms with Crippen molar-refractivity contribution in [2.45, 2.75) is 19.4 Å². The summed E-state index contributed by atoms with van der Waals surface area (Å²) >= 11 is 0. The molecule has 2 aromatic rings. The zero-order chi connectivity index (χ0) is 21.1. The van der Waals surface area contributed by atoms with E-state index >= 15 is 0 Å². The summed E-state index contributed by atoms with van der Waals surface area (Å²) in [6.07, 6.45) is -0.170. The minimum atomic E-state index is -0.742. The predicted octanol–water partition coefficient (Wildman–Crippen LogP) is 1.94. The van der Waals surface area contributed by atoms with Gasteiger partial charge in [-0.05, 0) is 24.6 Å². The minimum Gasteiger partial charge on any atom is -0.455 e. The normalized spacial score (nSPS) is 11.1. The van der Waals surface area contributed by atoms with Crippen molar-refractivity contribution in [3.8, 4) is 0 Å². The lowest BCUT2D eigenvalue weighted by Gasteiger charge is -2.18. The van der Waals surface area contributed by atoms with Crippen molar-refractivity contribution in [3.05, 3.63) is 71.8 Å². The van der Waals surface area contributed by atoms with Gasteiger partial charge in [0.15, 0.2) is 6.61 Å². The Hall–Kier alpha value is -3.68. The number of carbonyl (C=O) groups is 4. The molecule has 0 fully saturated rings. The number of carbonyl (C=O) groups excluding carboxylic acids is 4. The van der Waals surface area contributed by atoms with E-state index in [1.807, 2.05) is 11.4 Å². The molecule has 0 radical (unpaired) electrons. The Morgan fingerprint density at radius 1 is 0.931 bits per heavy atom. The summed E-state index contributed by atoms with van der Waals surface area (Å²) in [5.74, 6) is -1.76. The van der Waals surface area contributed by atoms with Gasteiger partial charge < -0.3 is 15.4 Å². The van der Waals surface area contributed by atoms with E-state index in [-0.39, 0.29) is 12.3 Å². The minimum absolute atomic E-state index is 0.170. The van der Waals surface area contributed by atoms with Gasteiger partial charge in [-0.15, -0.1) is 0 Å². The monoisotopic (exact) mass is 397 g/mol. The topological polar surface area (TPSA) is 114 Å². The molecule has 1 atom stereocenters. The van der Waals surface area contributed by atoms with Gasteiger partial charge in [0.25, 0.3) is 11.8 Å². The number of amides is 4. The molecule has 29 heavy (non-hydrogen) atoms. The highest BCUT2D eigenvalue weighted by atomic mass is 16.5. The van der Waals surface area contributed by atoms with E-state index < -0.39 is 30.6 Å². The molecule has 152 valence electrons. The van der Waals surface area contributed by atoms with Crippen molar-refractivity contribution in [1.29, 1.82) is 0 Å². The second kappa shape index (κ2) is 11.2. The Kier molecular flexibility index (Phi) is 8.37. The lowest BCUT2D eigenvalue weighted by molar-refractivity contribution is -0.148. The fourth-order valence-corrected chi connectivity index (χ4v) is 2.51. The molecule has 0 aliphatic carbocycles. The maximum Gasteiger partial charge on any atom is 0.321 e. The molecular formula is C21H23N3O5. The van der Waals surface area contributed by atoms with Crippen LogP contribution in [0.4, 0.5) is 4.79 Å². The smallest absolute Gasteiger partial charge is 0.321 e. The number of ether oxygens (including phenoxy) is 1. The molecule has 0 saturated heterocycles. The van der Waals surface area contributed by atoms with E-state index in [9.17, 15) is 19.2 Å². The summed E-state index contributed by atoms with van der Waals surface area (Å²) in [7, 11) is 0. The summed E-state index contributed by atoms with van der Waals surface area (Å²) in [5.41, 5.74) is 1.18. The van der Waals surface area contributed by atoms with Gasteiger partial charge in [-0.2, -0.15) is 0 Å². The van der Waals surface area contributed by atoms with Crippen molar-refractivity contribution < 1.29 is 23.9 Å². The molecule has 1 unspecified atom stereocenters. The molecule has 3 N–H and O–H groups in total. The van der Waals surface area contributed by atoms with E-state index in [1.54, 1.807) is 61.5 Å². The lowest BCUT2D eigenvalue weighted by atomic mass is 10.0. The quantitative estimate of drug-likeness (QED) is 0.589. The first-order valence-corrected chi connectivity index (χ1v) is 9.13. The molecule has 0 aliphatic heterocycles. The van der Waals surface area contributed by atoms with Crippen LogP contribution < -0.4 is 16.0 Å². The van der Waals surface area contributed by atoms with E-state index in [2.05, 4.69) is 10.6 Å². The van der Waals surface area contributed by atoms with Gasteiger partial charge in [0.2, 0.25) is 0 Å². The molecule has 0 bridgehead atoms. The molecule has 0 aromatic heterocycles. The van der Waals surface area contributed by atoms with Crippen LogP contribution in [0.3, 0.4) is 0 Å². The number of hydrogen-bond donors (Lipinski definition) is 3. The predicted molar refractivity (Wildman–Crippen MR) is 106 cm³/mol. The van der Waals surface area contributed by atoms with Gasteiger partial charge in [0.1, 0.15) is 0 Å². The summed E-state index contributed by atoms with van der Waals surface area (Å²) < 4.78 is 4.94. The maximum absolute atomic E-state index is 12.5. The Morgan fingerprint density at radius 3 is 2.17 bits per heavy atom. The molecule has 4 amide bonds. The van der Waals surface area contributed by atoms with E-state index in [4.69, 9.17) is 4.74 Å². The fraction of sp³-hybridized carbons (Fsp3) is 0.238. The summed E-state index contributed by atoms with van der Waals surface area (Å²) in [4.78, 5) is 47.6. The Morgan fingerprint density at radius 2 is 1.55 bits per heavy atom. The highest BCUT2D eigenvalue weighted by molar-refractivity contribution is 5.96. The molecule has 0 heterocycles. The fourth-order valence-electron chi connectivity index (χ4n) is 2.51. The van der Waals surface area contributed by atoms with Gasteiger partial charge in [0.05, 0.1) is 12.5 Å². The number of urea groups is 1. The van der Waals surface area contributed by atoms with E-state index in [1.165, 1.54) is 0 Å². The van der Waals surface area contributed by atoms with Crippen molar-refractivity contribution in [3.63, 3.8) is 0 Å². The van der Waals surface area contributed by atoms with Crippen LogP contribution in [0.5, 0.6) is 0 Å². The largest absolute Gasteiger partial charge is 0.455 e. The second-order valence-corrected chi connectivity index (χ2v) is 6.08. The molecular weight excluding hydrogens is 374 g/mol. The molecule has 2 rings (SSSR count). The number of imide groups is 1. The van der Waals surface area contributed by atoms with Crippen LogP contribution in [-0.4, -0.2) is 37.0 Å². The van der Waals surface area contributed by atoms with Crippen molar-refractivity contribution >= 4 is 23.8 Å². The first-order valence-electron chi connectivity index (χ1n) is 9.13. The van der Waals surface area contributed by atoms with Crippen LogP contribution in [0.15, 0.2) is 60.7 Å². The number of rotatable bonds is 8. The molecule has 8 heteroatoms. The van der Waals surface area contributed by atoms with Crippen LogP contribution in [-0.2, 0) is 14.3 Å². The number of benzene rings is 2. The number of esters is 1. The standard InChI is InChI=1S/C21H23N3O5/c1-2-22-21(28)24-18(25)14-29-19(26)13-17(15-9-5-3-6-10-15)23-20(27)16-11-7-4-8-12-16/h3-12,17H,2,13-14H2,1H3,(H,23,27)(H2,22,24,25,28). The van der Waals surface area contributed by atoms with Crippen LogP contribution in [0.2, 0.25) is 0 Å². The molecule has 0 aliphatic rings. The zero-order valence-corrected chi connectivity index (χ0v) is 16.0. The van der Waals surface area contributed by atoms with E-state index in [0.717, 1.165) is 5.56 Å². The third-order valence-corrected chi connectivity index (χ3v) is 3.87. The van der Waals surface area contributed by atoms with Gasteiger partial charge in [0, 0.05) is 12.1 Å². The second-order valence-electron chi connectivity index (χ2n) is 6.08. The first-order chi connectivity index (χ1) is 14.0. The maximum atomic E-state index is 12.5. The summed E-state index contributed by atoms with van der Waals surface area (Å²) in [6.45, 7) is 1.47. The molecule has 2 aromatic carbocycles. The van der Waals surface area contributed by atoms with Crippen LogP contribution in [0.1, 0.15) is 35.3 Å². The van der Waals surface area contributed by atoms with Crippen LogP contribution >= 0.6 is 0 Å². The lowest BCUT2D eigenvalue weighted by Crippen LogP contribution is -2.41. The van der Waals surface area contributed by atoms with Gasteiger partial charge in [-0.25, -0.2) is 4.79 Å².